The minimum atomic E-state index is 0.749. The summed E-state index contributed by atoms with van der Waals surface area (Å²) in [6, 6.07) is 0. The Morgan fingerprint density at radius 1 is 1.47 bits per heavy atom. The highest BCUT2D eigenvalue weighted by molar-refractivity contribution is 4.93. The number of hydrogen-bond acceptors (Lipinski definition) is 3. The number of likely N-dealkylation sites (tertiary alicyclic amines) is 1. The zero-order valence-corrected chi connectivity index (χ0v) is 12.5. The Kier molecular flexibility index (Phi) is 5.40. The Bertz CT molecular complexity index is 375. The van der Waals surface area contributed by atoms with Crippen molar-refractivity contribution in [3.8, 4) is 0 Å². The van der Waals surface area contributed by atoms with Gasteiger partial charge in [-0.1, -0.05) is 13.8 Å². The van der Waals surface area contributed by atoms with Gasteiger partial charge in [-0.25, -0.2) is 4.98 Å². The van der Waals surface area contributed by atoms with Gasteiger partial charge in [-0.05, 0) is 31.2 Å². The van der Waals surface area contributed by atoms with Crippen LogP contribution in [0.4, 0.5) is 0 Å². The van der Waals surface area contributed by atoms with E-state index in [1.54, 1.807) is 7.11 Å². The van der Waals surface area contributed by atoms with Crippen molar-refractivity contribution in [1.29, 1.82) is 0 Å². The average Bonchev–Trinajstić information content (AvgIpc) is 2.96. The molecule has 4 nitrogen and oxygen atoms in total. The van der Waals surface area contributed by atoms with Crippen LogP contribution in [0.1, 0.15) is 32.5 Å². The first kappa shape index (κ1) is 14.5. The molecule has 0 saturated carbocycles. The van der Waals surface area contributed by atoms with Crippen LogP contribution < -0.4 is 0 Å². The van der Waals surface area contributed by atoms with Gasteiger partial charge in [0.2, 0.25) is 0 Å². The van der Waals surface area contributed by atoms with Crippen LogP contribution in [0.15, 0.2) is 12.4 Å². The topological polar surface area (TPSA) is 30.3 Å². The molecule has 0 radical (unpaired) electrons. The first-order chi connectivity index (χ1) is 9.19. The Morgan fingerprint density at radius 2 is 2.32 bits per heavy atom. The quantitative estimate of drug-likeness (QED) is 0.758. The SMILES string of the molecule is COCCn1ccnc1CN1CC[C@H](CC(C)C)C1. The van der Waals surface area contributed by atoms with E-state index in [0.717, 1.165) is 31.5 Å². The number of imidazole rings is 1. The van der Waals surface area contributed by atoms with Crippen LogP contribution in [0.2, 0.25) is 0 Å². The van der Waals surface area contributed by atoms with Crippen molar-refractivity contribution in [2.24, 2.45) is 11.8 Å². The van der Waals surface area contributed by atoms with Crippen LogP contribution in [-0.4, -0.2) is 41.3 Å². The lowest BCUT2D eigenvalue weighted by atomic mass is 9.97. The highest BCUT2D eigenvalue weighted by Crippen LogP contribution is 2.24. The fraction of sp³-hybridized carbons (Fsp3) is 0.800. The lowest BCUT2D eigenvalue weighted by molar-refractivity contribution is 0.184. The van der Waals surface area contributed by atoms with Crippen molar-refractivity contribution in [3.63, 3.8) is 0 Å². The standard InChI is InChI=1S/C15H27N3O/c1-13(2)10-14-4-6-17(11-14)12-15-16-5-7-18(15)8-9-19-3/h5,7,13-14H,4,6,8-12H2,1-3H3/t14-/m1/s1. The minimum Gasteiger partial charge on any atom is -0.383 e. The lowest BCUT2D eigenvalue weighted by Crippen LogP contribution is -2.23. The van der Waals surface area contributed by atoms with Gasteiger partial charge in [0.1, 0.15) is 5.82 Å². The molecule has 4 heteroatoms. The van der Waals surface area contributed by atoms with Crippen LogP contribution in [0.5, 0.6) is 0 Å². The van der Waals surface area contributed by atoms with E-state index in [0.29, 0.717) is 0 Å². The molecule has 1 aromatic rings. The number of ether oxygens (including phenoxy) is 1. The molecule has 1 aliphatic rings. The number of methoxy groups -OCH3 is 1. The van der Waals surface area contributed by atoms with Gasteiger partial charge in [0, 0.05) is 32.6 Å². The number of aromatic nitrogens is 2. The molecule has 2 rings (SSSR count). The molecule has 1 aromatic heterocycles. The number of nitrogens with zero attached hydrogens (tertiary/aromatic N) is 3. The fourth-order valence-electron chi connectivity index (χ4n) is 3.00. The second-order valence-electron chi connectivity index (χ2n) is 6.05. The largest absolute Gasteiger partial charge is 0.383 e. The Morgan fingerprint density at radius 3 is 3.05 bits per heavy atom. The molecule has 108 valence electrons. The van der Waals surface area contributed by atoms with Gasteiger partial charge in [-0.2, -0.15) is 0 Å². The maximum Gasteiger partial charge on any atom is 0.122 e. The summed E-state index contributed by atoms with van der Waals surface area (Å²) in [6.07, 6.45) is 6.65. The smallest absolute Gasteiger partial charge is 0.122 e. The summed E-state index contributed by atoms with van der Waals surface area (Å²) in [7, 11) is 1.74. The van der Waals surface area contributed by atoms with Crippen molar-refractivity contribution in [1.82, 2.24) is 14.5 Å². The number of hydrogen-bond donors (Lipinski definition) is 0. The van der Waals surface area contributed by atoms with Gasteiger partial charge < -0.3 is 9.30 Å². The van der Waals surface area contributed by atoms with E-state index < -0.39 is 0 Å². The summed E-state index contributed by atoms with van der Waals surface area (Å²) < 4.78 is 7.35. The summed E-state index contributed by atoms with van der Waals surface area (Å²) in [5, 5.41) is 0. The van der Waals surface area contributed by atoms with Crippen molar-refractivity contribution < 1.29 is 4.74 Å². The summed E-state index contributed by atoms with van der Waals surface area (Å²) in [5.74, 6) is 2.86. The highest BCUT2D eigenvalue weighted by Gasteiger charge is 2.23. The third-order valence-electron chi connectivity index (χ3n) is 3.88. The van der Waals surface area contributed by atoms with Crippen LogP contribution in [0.25, 0.3) is 0 Å². The zero-order valence-electron chi connectivity index (χ0n) is 12.5. The van der Waals surface area contributed by atoms with Crippen LogP contribution >= 0.6 is 0 Å². The molecule has 0 aromatic carbocycles. The molecule has 0 bridgehead atoms. The summed E-state index contributed by atoms with van der Waals surface area (Å²) >= 11 is 0. The summed E-state index contributed by atoms with van der Waals surface area (Å²) in [6.45, 7) is 9.71. The average molecular weight is 265 g/mol. The van der Waals surface area contributed by atoms with Gasteiger partial charge in [0.15, 0.2) is 0 Å². The van der Waals surface area contributed by atoms with Crippen molar-refractivity contribution in [3.05, 3.63) is 18.2 Å². The Hall–Kier alpha value is -0.870. The molecule has 0 unspecified atom stereocenters. The molecule has 2 heterocycles. The third kappa shape index (κ3) is 4.32. The van der Waals surface area contributed by atoms with E-state index in [9.17, 15) is 0 Å². The molecule has 1 fully saturated rings. The van der Waals surface area contributed by atoms with Crippen molar-refractivity contribution >= 4 is 0 Å². The molecule has 19 heavy (non-hydrogen) atoms. The van der Waals surface area contributed by atoms with Gasteiger partial charge in [0.05, 0.1) is 13.2 Å². The van der Waals surface area contributed by atoms with E-state index in [1.807, 2.05) is 6.20 Å². The van der Waals surface area contributed by atoms with Crippen LogP contribution in [0, 0.1) is 11.8 Å². The van der Waals surface area contributed by atoms with Crippen molar-refractivity contribution in [2.75, 3.05) is 26.8 Å². The van der Waals surface area contributed by atoms with Gasteiger partial charge in [0.25, 0.3) is 0 Å². The van der Waals surface area contributed by atoms with Crippen LogP contribution in [0.3, 0.4) is 0 Å². The molecule has 1 saturated heterocycles. The molecular formula is C15H27N3O. The van der Waals surface area contributed by atoms with Gasteiger partial charge in [-0.3, -0.25) is 4.90 Å². The van der Waals surface area contributed by atoms with E-state index in [-0.39, 0.29) is 0 Å². The lowest BCUT2D eigenvalue weighted by Gasteiger charge is -2.17. The predicted octanol–water partition coefficient (Wildman–Crippen LogP) is 2.40. The summed E-state index contributed by atoms with van der Waals surface area (Å²) in [4.78, 5) is 7.02. The first-order valence-corrected chi connectivity index (χ1v) is 7.40. The maximum atomic E-state index is 5.14. The molecule has 0 amide bonds. The van der Waals surface area contributed by atoms with E-state index in [4.69, 9.17) is 4.74 Å². The summed E-state index contributed by atoms with van der Waals surface area (Å²) in [5.41, 5.74) is 0. The van der Waals surface area contributed by atoms with Crippen molar-refractivity contribution in [2.45, 2.75) is 39.8 Å². The Balaban J connectivity index is 1.83. The third-order valence-corrected chi connectivity index (χ3v) is 3.88. The normalized spacial score (nSPS) is 20.5. The van der Waals surface area contributed by atoms with E-state index in [2.05, 4.69) is 34.5 Å². The predicted molar refractivity (Wildman–Crippen MR) is 76.9 cm³/mol. The Labute approximate surface area is 116 Å². The van der Waals surface area contributed by atoms with Gasteiger partial charge in [-0.15, -0.1) is 0 Å². The molecule has 0 spiro atoms. The highest BCUT2D eigenvalue weighted by atomic mass is 16.5. The monoisotopic (exact) mass is 265 g/mol. The molecule has 1 atom stereocenters. The fourth-order valence-corrected chi connectivity index (χ4v) is 3.00. The molecule has 0 aliphatic carbocycles. The zero-order chi connectivity index (χ0) is 13.7. The second kappa shape index (κ2) is 7.06. The molecule has 1 aliphatic heterocycles. The van der Waals surface area contributed by atoms with Crippen LogP contribution in [-0.2, 0) is 17.8 Å². The van der Waals surface area contributed by atoms with E-state index >= 15 is 0 Å². The maximum absolute atomic E-state index is 5.14. The second-order valence-corrected chi connectivity index (χ2v) is 6.05. The number of rotatable bonds is 7. The first-order valence-electron chi connectivity index (χ1n) is 7.40. The molecular weight excluding hydrogens is 238 g/mol. The molecule has 0 N–H and O–H groups in total. The minimum absolute atomic E-state index is 0.749. The van der Waals surface area contributed by atoms with E-state index in [1.165, 1.54) is 31.8 Å². The van der Waals surface area contributed by atoms with Gasteiger partial charge >= 0.3 is 0 Å².